The average Bonchev–Trinajstić information content (AvgIpc) is 3.17. The molecule has 0 fully saturated rings. The summed E-state index contributed by atoms with van der Waals surface area (Å²) in [5.74, 6) is -0.233. The first-order valence-corrected chi connectivity index (χ1v) is 10.5. The molecule has 0 radical (unpaired) electrons. The van der Waals surface area contributed by atoms with E-state index in [1.165, 1.54) is 18.7 Å². The molecule has 1 aliphatic heterocycles. The number of hydrogen-bond acceptors (Lipinski definition) is 6. The van der Waals surface area contributed by atoms with Gasteiger partial charge in [0.1, 0.15) is 6.04 Å². The third kappa shape index (κ3) is 5.54. The number of fused-ring (bicyclic) bond motifs is 1. The molecular weight excluding hydrogens is 406 g/mol. The Kier molecular flexibility index (Phi) is 6.99. The minimum atomic E-state index is -1.12. The molecule has 0 bridgehead atoms. The molecule has 3 rings (SSSR count). The minimum Gasteiger partial charge on any atom is -0.480 e. The number of aryl methyl sites for hydroxylation is 1. The van der Waals surface area contributed by atoms with E-state index in [1.54, 1.807) is 18.2 Å². The maximum Gasteiger partial charge on any atom is 0.327 e. The number of benzene rings is 2. The summed E-state index contributed by atoms with van der Waals surface area (Å²) in [5.41, 5.74) is 2.49. The van der Waals surface area contributed by atoms with Gasteiger partial charge in [0.15, 0.2) is 17.3 Å². The highest BCUT2D eigenvalue weighted by atomic mass is 32.2. The minimum absolute atomic E-state index is 0.0448. The lowest BCUT2D eigenvalue weighted by Gasteiger charge is -2.20. The molecule has 0 aromatic heterocycles. The van der Waals surface area contributed by atoms with Crippen LogP contribution in [0.15, 0.2) is 42.5 Å². The number of hydrogen-bond donors (Lipinski definition) is 2. The van der Waals surface area contributed by atoms with Gasteiger partial charge in [-0.3, -0.25) is 9.59 Å². The number of carbonyl (C=O) groups is 3. The number of ether oxygens (including phenoxy) is 2. The van der Waals surface area contributed by atoms with Crippen molar-refractivity contribution in [3.8, 4) is 11.5 Å². The molecule has 1 heterocycles. The van der Waals surface area contributed by atoms with Crippen LogP contribution in [0.1, 0.15) is 40.1 Å². The summed E-state index contributed by atoms with van der Waals surface area (Å²) in [4.78, 5) is 35.7. The number of carbonyl (C=O) groups excluding carboxylic acids is 2. The van der Waals surface area contributed by atoms with Crippen molar-refractivity contribution in [1.82, 2.24) is 5.32 Å². The zero-order valence-electron chi connectivity index (χ0n) is 16.7. The number of amides is 1. The third-order valence-electron chi connectivity index (χ3n) is 4.65. The van der Waals surface area contributed by atoms with Crippen molar-refractivity contribution >= 4 is 29.4 Å². The van der Waals surface area contributed by atoms with Crippen LogP contribution in [0, 0.1) is 6.92 Å². The van der Waals surface area contributed by atoms with E-state index in [2.05, 4.69) is 5.32 Å². The van der Waals surface area contributed by atoms with E-state index in [-0.39, 0.29) is 30.0 Å². The van der Waals surface area contributed by atoms with Crippen molar-refractivity contribution in [3.63, 3.8) is 0 Å². The first kappa shape index (κ1) is 21.7. The Morgan fingerprint density at radius 3 is 2.47 bits per heavy atom. The van der Waals surface area contributed by atoms with Gasteiger partial charge >= 0.3 is 5.97 Å². The van der Waals surface area contributed by atoms with Crippen LogP contribution >= 0.6 is 11.8 Å². The van der Waals surface area contributed by atoms with Gasteiger partial charge in [-0.15, -0.1) is 0 Å². The zero-order valence-corrected chi connectivity index (χ0v) is 17.5. The van der Waals surface area contributed by atoms with Gasteiger partial charge in [-0.1, -0.05) is 35.9 Å². The molecule has 158 valence electrons. The highest BCUT2D eigenvalue weighted by Gasteiger charge is 2.25. The number of Topliss-reactive ketones (excluding diaryl/α,β-unsaturated/α-hetero) is 1. The van der Waals surface area contributed by atoms with Crippen molar-refractivity contribution in [2.75, 3.05) is 12.5 Å². The molecule has 2 atom stereocenters. The molecule has 30 heavy (non-hydrogen) atoms. The molecule has 0 saturated heterocycles. The summed E-state index contributed by atoms with van der Waals surface area (Å²) in [6, 6.07) is 11.7. The van der Waals surface area contributed by atoms with Crippen LogP contribution in [-0.2, 0) is 9.59 Å². The Morgan fingerprint density at radius 1 is 1.10 bits per heavy atom. The van der Waals surface area contributed by atoms with Crippen molar-refractivity contribution in [2.45, 2.75) is 31.6 Å². The standard InChI is InChI=1S/C22H23NO6S/c1-13-3-5-15(6-4-13)18(25)10-21(30-11-17(22(26)27)23-14(2)24)16-7-8-19-20(9-16)29-12-28-19/h3-9,17,21H,10-12H2,1-2H3,(H,23,24)(H,26,27)/t17-,21-/m0/s1. The fourth-order valence-corrected chi connectivity index (χ4v) is 4.30. The summed E-state index contributed by atoms with van der Waals surface area (Å²) in [5, 5.41) is 11.5. The lowest BCUT2D eigenvalue weighted by atomic mass is 10.0. The van der Waals surface area contributed by atoms with Crippen LogP contribution in [0.25, 0.3) is 0 Å². The summed E-state index contributed by atoms with van der Waals surface area (Å²) in [7, 11) is 0. The van der Waals surface area contributed by atoms with Crippen molar-refractivity contribution < 1.29 is 29.0 Å². The van der Waals surface area contributed by atoms with Gasteiger partial charge in [-0.25, -0.2) is 4.79 Å². The maximum absolute atomic E-state index is 12.9. The second kappa shape index (κ2) is 9.67. The van der Waals surface area contributed by atoms with Crippen LogP contribution in [-0.4, -0.2) is 41.4 Å². The van der Waals surface area contributed by atoms with Crippen LogP contribution in [0.3, 0.4) is 0 Å². The van der Waals surface area contributed by atoms with Crippen LogP contribution in [0.4, 0.5) is 0 Å². The van der Waals surface area contributed by atoms with E-state index < -0.39 is 17.9 Å². The Hall–Kier alpha value is -3.00. The molecule has 8 heteroatoms. The third-order valence-corrected chi connectivity index (χ3v) is 6.02. The predicted molar refractivity (Wildman–Crippen MR) is 113 cm³/mol. The number of aliphatic carboxylic acids is 1. The summed E-state index contributed by atoms with van der Waals surface area (Å²) >= 11 is 1.31. The SMILES string of the molecule is CC(=O)N[C@@H](CS[C@@H](CC(=O)c1ccc(C)cc1)c1ccc2c(c1)OCO2)C(=O)O. The van der Waals surface area contributed by atoms with E-state index in [9.17, 15) is 19.5 Å². The lowest BCUT2D eigenvalue weighted by molar-refractivity contribution is -0.140. The van der Waals surface area contributed by atoms with Crippen molar-refractivity contribution in [2.24, 2.45) is 0 Å². The first-order valence-electron chi connectivity index (χ1n) is 9.44. The monoisotopic (exact) mass is 429 g/mol. The number of ketones is 1. The van der Waals surface area contributed by atoms with Crippen molar-refractivity contribution in [3.05, 3.63) is 59.2 Å². The molecular formula is C22H23NO6S. The van der Waals surface area contributed by atoms with Gasteiger partial charge in [-0.2, -0.15) is 11.8 Å². The number of rotatable bonds is 9. The highest BCUT2D eigenvalue weighted by molar-refractivity contribution is 7.99. The number of carboxylic acids is 1. The molecule has 2 aromatic carbocycles. The molecule has 2 N–H and O–H groups in total. The highest BCUT2D eigenvalue weighted by Crippen LogP contribution is 2.40. The molecule has 1 amide bonds. The van der Waals surface area contributed by atoms with Gasteiger partial charge in [0, 0.05) is 29.9 Å². The fourth-order valence-electron chi connectivity index (χ4n) is 3.04. The van der Waals surface area contributed by atoms with Gasteiger partial charge < -0.3 is 19.9 Å². The smallest absolute Gasteiger partial charge is 0.327 e. The molecule has 1 aliphatic rings. The molecule has 7 nitrogen and oxygen atoms in total. The van der Waals surface area contributed by atoms with Crippen LogP contribution < -0.4 is 14.8 Å². The molecule has 0 saturated carbocycles. The molecule has 0 spiro atoms. The van der Waals surface area contributed by atoms with E-state index in [0.717, 1.165) is 11.1 Å². The normalized spacial score (nSPS) is 14.1. The van der Waals surface area contributed by atoms with Crippen LogP contribution in [0.5, 0.6) is 11.5 Å². The maximum atomic E-state index is 12.9. The molecule has 0 unspecified atom stereocenters. The largest absolute Gasteiger partial charge is 0.480 e. The van der Waals surface area contributed by atoms with Gasteiger partial charge in [0.05, 0.1) is 0 Å². The Balaban J connectivity index is 1.80. The van der Waals surface area contributed by atoms with E-state index >= 15 is 0 Å². The van der Waals surface area contributed by atoms with Gasteiger partial charge in [0.2, 0.25) is 12.7 Å². The Bertz CT molecular complexity index is 943. The lowest BCUT2D eigenvalue weighted by Crippen LogP contribution is -2.41. The second-order valence-electron chi connectivity index (χ2n) is 7.02. The average molecular weight is 429 g/mol. The first-order chi connectivity index (χ1) is 14.3. The summed E-state index contributed by atoms with van der Waals surface area (Å²) in [6.45, 7) is 3.37. The Labute approximate surface area is 178 Å². The molecule has 0 aliphatic carbocycles. The van der Waals surface area contributed by atoms with Crippen molar-refractivity contribution in [1.29, 1.82) is 0 Å². The summed E-state index contributed by atoms with van der Waals surface area (Å²) in [6.07, 6.45) is 0.180. The fraction of sp³-hybridized carbons (Fsp3) is 0.318. The van der Waals surface area contributed by atoms with E-state index in [4.69, 9.17) is 9.47 Å². The van der Waals surface area contributed by atoms with E-state index in [1.807, 2.05) is 31.2 Å². The topological polar surface area (TPSA) is 102 Å². The Morgan fingerprint density at radius 2 is 1.80 bits per heavy atom. The van der Waals surface area contributed by atoms with Gasteiger partial charge in [0.25, 0.3) is 0 Å². The zero-order chi connectivity index (χ0) is 21.7. The van der Waals surface area contributed by atoms with Gasteiger partial charge in [-0.05, 0) is 24.6 Å². The second-order valence-corrected chi connectivity index (χ2v) is 8.26. The number of nitrogens with one attached hydrogen (secondary N) is 1. The van der Waals surface area contributed by atoms with E-state index in [0.29, 0.717) is 17.1 Å². The molecule has 2 aromatic rings. The van der Waals surface area contributed by atoms with Crippen LogP contribution in [0.2, 0.25) is 0 Å². The quantitative estimate of drug-likeness (QED) is 0.589. The number of carboxylic acid groups (broad SMARTS) is 1. The predicted octanol–water partition coefficient (Wildman–Crippen LogP) is 3.36. The number of thioether (sulfide) groups is 1. The summed E-state index contributed by atoms with van der Waals surface area (Å²) < 4.78 is 10.8.